The maximum absolute atomic E-state index is 12.3. The molecule has 0 saturated carbocycles. The number of nitrogens with zero attached hydrogens (tertiary/aromatic N) is 3. The fraction of sp³-hybridized carbons (Fsp3) is 0.667. The highest BCUT2D eigenvalue weighted by atomic mass is 16.5. The Morgan fingerprint density at radius 2 is 2.33 bits per heavy atom. The Labute approximate surface area is 125 Å². The molecule has 1 aliphatic heterocycles. The highest BCUT2D eigenvalue weighted by Gasteiger charge is 2.21. The maximum Gasteiger partial charge on any atom is 0.323 e. The molecule has 6 nitrogen and oxygen atoms in total. The molecule has 6 heteroatoms. The van der Waals surface area contributed by atoms with Crippen LogP contribution in [0.25, 0.3) is 0 Å². The van der Waals surface area contributed by atoms with Crippen LogP contribution in [-0.2, 0) is 4.74 Å². The van der Waals surface area contributed by atoms with Crippen LogP contribution in [0, 0.1) is 6.92 Å². The number of carbonyl (C=O) groups excluding carboxylic acids is 1. The highest BCUT2D eigenvalue weighted by molar-refractivity contribution is 5.88. The fourth-order valence-electron chi connectivity index (χ4n) is 2.43. The summed E-state index contributed by atoms with van der Waals surface area (Å²) in [4.78, 5) is 22.3. The molecule has 1 aliphatic rings. The van der Waals surface area contributed by atoms with Gasteiger partial charge in [-0.15, -0.1) is 0 Å². The van der Waals surface area contributed by atoms with E-state index in [0.29, 0.717) is 11.6 Å². The lowest BCUT2D eigenvalue weighted by molar-refractivity contribution is 0.0446. The van der Waals surface area contributed by atoms with Crippen molar-refractivity contribution >= 4 is 11.8 Å². The molecule has 0 aromatic carbocycles. The average Bonchev–Trinajstić information content (AvgIpc) is 2.70. The number of anilines is 1. The molecule has 2 amide bonds. The largest absolute Gasteiger partial charge is 0.378 e. The van der Waals surface area contributed by atoms with Crippen molar-refractivity contribution in [3.63, 3.8) is 0 Å². The zero-order valence-corrected chi connectivity index (χ0v) is 12.8. The SMILES string of the molecule is CCCOC1CCCN(C(=O)Nc2ccnc(C)n2)CC1. The van der Waals surface area contributed by atoms with Gasteiger partial charge in [0.15, 0.2) is 0 Å². The zero-order valence-electron chi connectivity index (χ0n) is 12.8. The number of hydrogen-bond donors (Lipinski definition) is 1. The van der Waals surface area contributed by atoms with E-state index in [1.165, 1.54) is 0 Å². The minimum Gasteiger partial charge on any atom is -0.378 e. The van der Waals surface area contributed by atoms with Crippen molar-refractivity contribution in [2.75, 3.05) is 25.0 Å². The van der Waals surface area contributed by atoms with Crippen LogP contribution in [0.15, 0.2) is 12.3 Å². The second kappa shape index (κ2) is 7.93. The van der Waals surface area contributed by atoms with Gasteiger partial charge in [-0.25, -0.2) is 14.8 Å². The molecule has 1 aromatic rings. The first-order valence-electron chi connectivity index (χ1n) is 7.66. The number of amides is 2. The van der Waals surface area contributed by atoms with Crippen molar-refractivity contribution in [2.24, 2.45) is 0 Å². The van der Waals surface area contributed by atoms with Gasteiger partial charge in [0.25, 0.3) is 0 Å². The number of rotatable bonds is 4. The van der Waals surface area contributed by atoms with Gasteiger partial charge in [0.05, 0.1) is 6.10 Å². The Balaban J connectivity index is 1.85. The van der Waals surface area contributed by atoms with Gasteiger partial charge in [0.1, 0.15) is 11.6 Å². The minimum atomic E-state index is -0.0933. The summed E-state index contributed by atoms with van der Waals surface area (Å²) in [6.45, 7) is 6.21. The summed E-state index contributed by atoms with van der Waals surface area (Å²) in [5.41, 5.74) is 0. The van der Waals surface area contributed by atoms with Crippen LogP contribution in [0.5, 0.6) is 0 Å². The molecule has 1 saturated heterocycles. The monoisotopic (exact) mass is 292 g/mol. The molecular formula is C15H24N4O2. The van der Waals surface area contributed by atoms with Crippen LogP contribution < -0.4 is 5.32 Å². The number of carbonyl (C=O) groups is 1. The maximum atomic E-state index is 12.3. The summed E-state index contributed by atoms with van der Waals surface area (Å²) in [5, 5.41) is 2.83. The molecule has 1 aromatic heterocycles. The number of nitrogens with one attached hydrogen (secondary N) is 1. The smallest absolute Gasteiger partial charge is 0.323 e. The number of ether oxygens (including phenoxy) is 1. The molecule has 1 atom stereocenters. The Morgan fingerprint density at radius 3 is 3.10 bits per heavy atom. The van der Waals surface area contributed by atoms with E-state index >= 15 is 0 Å². The topological polar surface area (TPSA) is 67.3 Å². The number of urea groups is 1. The third kappa shape index (κ3) is 4.97. The second-order valence-electron chi connectivity index (χ2n) is 5.33. The molecule has 116 valence electrons. The molecule has 2 rings (SSSR count). The molecular weight excluding hydrogens is 268 g/mol. The summed E-state index contributed by atoms with van der Waals surface area (Å²) >= 11 is 0. The highest BCUT2D eigenvalue weighted by Crippen LogP contribution is 2.15. The summed E-state index contributed by atoms with van der Waals surface area (Å²) in [5.74, 6) is 1.20. The first-order chi connectivity index (χ1) is 10.2. The van der Waals surface area contributed by atoms with Crippen molar-refractivity contribution in [3.8, 4) is 0 Å². The predicted octanol–water partition coefficient (Wildman–Crippen LogP) is 2.60. The standard InChI is InChI=1S/C15H24N4O2/c1-3-11-21-13-5-4-9-19(10-7-13)15(20)18-14-6-8-16-12(2)17-14/h6,8,13H,3-5,7,9-11H2,1-2H3,(H,16,17,18,20). The third-order valence-corrected chi connectivity index (χ3v) is 3.53. The van der Waals surface area contributed by atoms with Crippen LogP contribution in [0.1, 0.15) is 38.4 Å². The van der Waals surface area contributed by atoms with E-state index in [0.717, 1.165) is 45.4 Å². The average molecular weight is 292 g/mol. The molecule has 21 heavy (non-hydrogen) atoms. The summed E-state index contributed by atoms with van der Waals surface area (Å²) in [6, 6.07) is 1.61. The van der Waals surface area contributed by atoms with E-state index < -0.39 is 0 Å². The van der Waals surface area contributed by atoms with Crippen LogP contribution >= 0.6 is 0 Å². The molecule has 0 radical (unpaired) electrons. The van der Waals surface area contributed by atoms with Crippen molar-refractivity contribution in [2.45, 2.75) is 45.6 Å². The Bertz CT molecular complexity index is 467. The number of aryl methyl sites for hydroxylation is 1. The summed E-state index contributed by atoms with van der Waals surface area (Å²) < 4.78 is 5.80. The zero-order chi connectivity index (χ0) is 15.1. The van der Waals surface area contributed by atoms with Gasteiger partial charge in [-0.05, 0) is 38.7 Å². The number of likely N-dealkylation sites (tertiary alicyclic amines) is 1. The van der Waals surface area contributed by atoms with Crippen molar-refractivity contribution < 1.29 is 9.53 Å². The van der Waals surface area contributed by atoms with Crippen molar-refractivity contribution in [1.29, 1.82) is 0 Å². The molecule has 1 N–H and O–H groups in total. The van der Waals surface area contributed by atoms with Crippen LogP contribution in [0.4, 0.5) is 10.6 Å². The lowest BCUT2D eigenvalue weighted by atomic mass is 10.2. The van der Waals surface area contributed by atoms with Gasteiger partial charge in [-0.2, -0.15) is 0 Å². The summed E-state index contributed by atoms with van der Waals surface area (Å²) in [6.07, 6.45) is 5.86. The molecule has 1 unspecified atom stereocenters. The molecule has 2 heterocycles. The molecule has 0 spiro atoms. The van der Waals surface area contributed by atoms with Gasteiger partial charge < -0.3 is 9.64 Å². The molecule has 1 fully saturated rings. The van der Waals surface area contributed by atoms with Gasteiger partial charge in [-0.1, -0.05) is 6.92 Å². The first-order valence-corrected chi connectivity index (χ1v) is 7.66. The quantitative estimate of drug-likeness (QED) is 0.926. The fourth-order valence-corrected chi connectivity index (χ4v) is 2.43. The Kier molecular flexibility index (Phi) is 5.92. The van der Waals surface area contributed by atoms with Crippen LogP contribution in [0.3, 0.4) is 0 Å². The molecule has 0 bridgehead atoms. The second-order valence-corrected chi connectivity index (χ2v) is 5.33. The normalized spacial score (nSPS) is 19.1. The van der Waals surface area contributed by atoms with Gasteiger partial charge >= 0.3 is 6.03 Å². The van der Waals surface area contributed by atoms with Crippen LogP contribution in [0.2, 0.25) is 0 Å². The minimum absolute atomic E-state index is 0.0933. The lowest BCUT2D eigenvalue weighted by Gasteiger charge is -2.21. The molecule has 0 aliphatic carbocycles. The van der Waals surface area contributed by atoms with E-state index in [-0.39, 0.29) is 12.1 Å². The summed E-state index contributed by atoms with van der Waals surface area (Å²) in [7, 11) is 0. The van der Waals surface area contributed by atoms with Crippen molar-refractivity contribution in [3.05, 3.63) is 18.1 Å². The van der Waals surface area contributed by atoms with E-state index in [2.05, 4.69) is 22.2 Å². The number of hydrogen-bond acceptors (Lipinski definition) is 4. The van der Waals surface area contributed by atoms with E-state index in [1.807, 2.05) is 4.90 Å². The van der Waals surface area contributed by atoms with E-state index in [1.54, 1.807) is 19.2 Å². The third-order valence-electron chi connectivity index (χ3n) is 3.53. The predicted molar refractivity (Wildman–Crippen MR) is 81.2 cm³/mol. The van der Waals surface area contributed by atoms with E-state index in [9.17, 15) is 4.79 Å². The van der Waals surface area contributed by atoms with Crippen LogP contribution in [-0.4, -0.2) is 46.7 Å². The first kappa shape index (κ1) is 15.7. The van der Waals surface area contributed by atoms with Gasteiger partial charge in [-0.3, -0.25) is 5.32 Å². The lowest BCUT2D eigenvalue weighted by Crippen LogP contribution is -2.36. The Morgan fingerprint density at radius 1 is 1.48 bits per heavy atom. The number of aromatic nitrogens is 2. The van der Waals surface area contributed by atoms with Gasteiger partial charge in [0, 0.05) is 25.9 Å². The van der Waals surface area contributed by atoms with Gasteiger partial charge in [0.2, 0.25) is 0 Å². The van der Waals surface area contributed by atoms with Crippen molar-refractivity contribution in [1.82, 2.24) is 14.9 Å². The Hall–Kier alpha value is -1.69. The van der Waals surface area contributed by atoms with E-state index in [4.69, 9.17) is 4.74 Å².